The van der Waals surface area contributed by atoms with E-state index in [-0.39, 0.29) is 5.60 Å². The second kappa shape index (κ2) is 5.09. The smallest absolute Gasteiger partial charge is 0.335 e. The zero-order valence-corrected chi connectivity index (χ0v) is 11.9. The third kappa shape index (κ3) is 2.40. The normalized spacial score (nSPS) is 21.2. The Kier molecular flexibility index (Phi) is 3.42. The standard InChI is InChI=1S/C16H21NO3/c1-2-17-9-7-16(8-10-17)6-5-12-11-13(15(18)19)3-4-14(12)20-16/h3-4,11H,2,5-10H2,1H3,(H,18,19). The number of carboxylic acid groups (broad SMARTS) is 1. The number of aromatic carboxylic acids is 1. The maximum absolute atomic E-state index is 11.0. The lowest BCUT2D eigenvalue weighted by Gasteiger charge is -2.44. The number of ether oxygens (including phenoxy) is 1. The number of carbonyl (C=O) groups is 1. The Morgan fingerprint density at radius 3 is 2.75 bits per heavy atom. The quantitative estimate of drug-likeness (QED) is 0.901. The molecule has 1 saturated heterocycles. The zero-order chi connectivity index (χ0) is 14.2. The molecule has 1 spiro atoms. The maximum Gasteiger partial charge on any atom is 0.335 e. The Morgan fingerprint density at radius 1 is 1.35 bits per heavy atom. The largest absolute Gasteiger partial charge is 0.487 e. The molecule has 4 heteroatoms. The maximum atomic E-state index is 11.0. The molecule has 1 N–H and O–H groups in total. The molecule has 1 fully saturated rings. The Balaban J connectivity index is 1.77. The van der Waals surface area contributed by atoms with Crippen molar-refractivity contribution in [3.05, 3.63) is 29.3 Å². The minimum Gasteiger partial charge on any atom is -0.487 e. The topological polar surface area (TPSA) is 49.8 Å². The van der Waals surface area contributed by atoms with Crippen molar-refractivity contribution in [2.75, 3.05) is 19.6 Å². The first kappa shape index (κ1) is 13.4. The van der Waals surface area contributed by atoms with E-state index in [1.165, 1.54) is 0 Å². The van der Waals surface area contributed by atoms with Crippen LogP contribution in [-0.2, 0) is 6.42 Å². The van der Waals surface area contributed by atoms with Crippen LogP contribution in [0.5, 0.6) is 5.75 Å². The zero-order valence-electron chi connectivity index (χ0n) is 11.9. The number of rotatable bonds is 2. The van der Waals surface area contributed by atoms with E-state index in [9.17, 15) is 4.79 Å². The van der Waals surface area contributed by atoms with Gasteiger partial charge in [-0.2, -0.15) is 0 Å². The molecular formula is C16H21NO3. The fourth-order valence-corrected chi connectivity index (χ4v) is 3.28. The molecule has 0 atom stereocenters. The summed E-state index contributed by atoms with van der Waals surface area (Å²) in [5.74, 6) is 0.00976. The highest BCUT2D eigenvalue weighted by Crippen LogP contribution is 2.39. The van der Waals surface area contributed by atoms with Crippen molar-refractivity contribution in [3.8, 4) is 5.75 Å². The molecule has 0 unspecified atom stereocenters. The van der Waals surface area contributed by atoms with Gasteiger partial charge >= 0.3 is 5.97 Å². The van der Waals surface area contributed by atoms with Gasteiger partial charge in [0.05, 0.1) is 5.56 Å². The second-order valence-electron chi connectivity index (χ2n) is 5.85. The van der Waals surface area contributed by atoms with E-state index in [2.05, 4.69) is 11.8 Å². The van der Waals surface area contributed by atoms with Crippen LogP contribution in [-0.4, -0.2) is 41.2 Å². The minimum absolute atomic E-state index is 0.0244. The van der Waals surface area contributed by atoms with Gasteiger partial charge < -0.3 is 14.7 Å². The van der Waals surface area contributed by atoms with E-state index < -0.39 is 5.97 Å². The van der Waals surface area contributed by atoms with Crippen molar-refractivity contribution in [1.82, 2.24) is 4.90 Å². The highest BCUT2D eigenvalue weighted by molar-refractivity contribution is 5.88. The summed E-state index contributed by atoms with van der Waals surface area (Å²) in [5.41, 5.74) is 1.36. The van der Waals surface area contributed by atoms with Crippen LogP contribution >= 0.6 is 0 Å². The number of aryl methyl sites for hydroxylation is 1. The third-order valence-electron chi connectivity index (χ3n) is 4.70. The minimum atomic E-state index is -0.871. The molecular weight excluding hydrogens is 254 g/mol. The van der Waals surface area contributed by atoms with Gasteiger partial charge in [-0.15, -0.1) is 0 Å². The molecule has 20 heavy (non-hydrogen) atoms. The average Bonchev–Trinajstić information content (AvgIpc) is 2.47. The van der Waals surface area contributed by atoms with Crippen molar-refractivity contribution in [1.29, 1.82) is 0 Å². The number of carboxylic acids is 1. The lowest BCUT2D eigenvalue weighted by atomic mass is 9.83. The van der Waals surface area contributed by atoms with Gasteiger partial charge in [-0.25, -0.2) is 4.79 Å². The van der Waals surface area contributed by atoms with Gasteiger partial charge in [0, 0.05) is 13.1 Å². The lowest BCUT2D eigenvalue weighted by Crippen LogP contribution is -2.49. The number of fused-ring (bicyclic) bond motifs is 1. The van der Waals surface area contributed by atoms with Gasteiger partial charge in [0.25, 0.3) is 0 Å². The van der Waals surface area contributed by atoms with Crippen molar-refractivity contribution >= 4 is 5.97 Å². The number of piperidine rings is 1. The molecule has 0 aliphatic carbocycles. The number of hydrogen-bond donors (Lipinski definition) is 1. The summed E-state index contributed by atoms with van der Waals surface area (Å²) >= 11 is 0. The first-order valence-electron chi connectivity index (χ1n) is 7.39. The summed E-state index contributed by atoms with van der Waals surface area (Å²) in [6.07, 6.45) is 4.06. The van der Waals surface area contributed by atoms with Crippen molar-refractivity contribution in [2.24, 2.45) is 0 Å². The van der Waals surface area contributed by atoms with E-state index >= 15 is 0 Å². The van der Waals surface area contributed by atoms with Crippen LogP contribution in [0.4, 0.5) is 0 Å². The van der Waals surface area contributed by atoms with E-state index in [4.69, 9.17) is 9.84 Å². The van der Waals surface area contributed by atoms with E-state index in [1.807, 2.05) is 6.07 Å². The Bertz CT molecular complexity index is 518. The third-order valence-corrected chi connectivity index (χ3v) is 4.70. The van der Waals surface area contributed by atoms with E-state index in [1.54, 1.807) is 12.1 Å². The molecule has 2 heterocycles. The summed E-state index contributed by atoms with van der Waals surface area (Å²) < 4.78 is 6.27. The fourth-order valence-electron chi connectivity index (χ4n) is 3.28. The molecule has 2 aliphatic rings. The first-order chi connectivity index (χ1) is 9.62. The van der Waals surface area contributed by atoms with Gasteiger partial charge in [0.15, 0.2) is 0 Å². The molecule has 0 radical (unpaired) electrons. The summed E-state index contributed by atoms with van der Waals surface area (Å²) in [6.45, 7) is 5.50. The number of hydrogen-bond acceptors (Lipinski definition) is 3. The van der Waals surface area contributed by atoms with Crippen molar-refractivity contribution in [2.45, 2.75) is 38.2 Å². The van der Waals surface area contributed by atoms with Crippen LogP contribution in [0.1, 0.15) is 42.1 Å². The molecule has 108 valence electrons. The monoisotopic (exact) mass is 275 g/mol. The fraction of sp³-hybridized carbons (Fsp3) is 0.562. The first-order valence-corrected chi connectivity index (χ1v) is 7.39. The van der Waals surface area contributed by atoms with Crippen LogP contribution in [0.15, 0.2) is 18.2 Å². The predicted octanol–water partition coefficient (Wildman–Crippen LogP) is 2.56. The van der Waals surface area contributed by atoms with Gasteiger partial charge in [-0.3, -0.25) is 0 Å². The summed E-state index contributed by atoms with van der Waals surface area (Å²) in [4.78, 5) is 13.5. The molecule has 1 aromatic rings. The molecule has 2 aliphatic heterocycles. The summed E-state index contributed by atoms with van der Waals surface area (Å²) in [6, 6.07) is 5.22. The highest BCUT2D eigenvalue weighted by atomic mass is 16.5. The van der Waals surface area contributed by atoms with Gasteiger partial charge in [0.1, 0.15) is 11.4 Å². The van der Waals surface area contributed by atoms with Crippen LogP contribution in [0, 0.1) is 0 Å². The Hall–Kier alpha value is -1.55. The molecule has 0 aromatic heterocycles. The number of nitrogens with zero attached hydrogens (tertiary/aromatic N) is 1. The van der Waals surface area contributed by atoms with Gasteiger partial charge in [0.2, 0.25) is 0 Å². The van der Waals surface area contributed by atoms with Crippen LogP contribution in [0.25, 0.3) is 0 Å². The Morgan fingerprint density at radius 2 is 2.10 bits per heavy atom. The molecule has 0 amide bonds. The van der Waals surface area contributed by atoms with Gasteiger partial charge in [-0.1, -0.05) is 6.92 Å². The van der Waals surface area contributed by atoms with Crippen LogP contribution in [0.2, 0.25) is 0 Å². The molecule has 1 aromatic carbocycles. The van der Waals surface area contributed by atoms with Crippen LogP contribution < -0.4 is 4.74 Å². The predicted molar refractivity (Wildman–Crippen MR) is 76.4 cm³/mol. The number of likely N-dealkylation sites (tertiary alicyclic amines) is 1. The SMILES string of the molecule is CCN1CCC2(CCc3cc(C(=O)O)ccc3O2)CC1. The molecule has 4 nitrogen and oxygen atoms in total. The number of benzene rings is 1. The Labute approximate surface area is 119 Å². The van der Waals surface area contributed by atoms with Crippen molar-refractivity contribution < 1.29 is 14.6 Å². The van der Waals surface area contributed by atoms with E-state index in [0.717, 1.165) is 56.6 Å². The second-order valence-corrected chi connectivity index (χ2v) is 5.85. The van der Waals surface area contributed by atoms with Crippen LogP contribution in [0.3, 0.4) is 0 Å². The molecule has 3 rings (SSSR count). The molecule has 0 saturated carbocycles. The average molecular weight is 275 g/mol. The summed E-state index contributed by atoms with van der Waals surface area (Å²) in [5, 5.41) is 9.04. The van der Waals surface area contributed by atoms with Crippen molar-refractivity contribution in [3.63, 3.8) is 0 Å². The molecule has 0 bridgehead atoms. The highest BCUT2D eigenvalue weighted by Gasteiger charge is 2.39. The van der Waals surface area contributed by atoms with E-state index in [0.29, 0.717) is 5.56 Å². The van der Waals surface area contributed by atoms with Gasteiger partial charge in [-0.05, 0) is 56.0 Å². The summed E-state index contributed by atoms with van der Waals surface area (Å²) in [7, 11) is 0. The lowest BCUT2D eigenvalue weighted by molar-refractivity contribution is -0.0132.